The molecule has 1 heterocycles. The van der Waals surface area contributed by atoms with Crippen molar-refractivity contribution in [3.05, 3.63) is 29.8 Å². The van der Waals surface area contributed by atoms with Gasteiger partial charge in [0.2, 0.25) is 10.0 Å². The Morgan fingerprint density at radius 1 is 1.42 bits per heavy atom. The van der Waals surface area contributed by atoms with E-state index in [4.69, 9.17) is 9.84 Å². The van der Waals surface area contributed by atoms with Gasteiger partial charge in [-0.15, -0.1) is 0 Å². The smallest absolute Gasteiger partial charge is 0.214 e. The Morgan fingerprint density at radius 2 is 2.21 bits per heavy atom. The van der Waals surface area contributed by atoms with Crippen LogP contribution in [0.2, 0.25) is 0 Å². The van der Waals surface area contributed by atoms with Crippen molar-refractivity contribution in [3.8, 4) is 5.75 Å². The maximum Gasteiger partial charge on any atom is 0.214 e. The maximum absolute atomic E-state index is 12.0. The average Bonchev–Trinajstić information content (AvgIpc) is 2.53. The van der Waals surface area contributed by atoms with Gasteiger partial charge < -0.3 is 9.84 Å². The van der Waals surface area contributed by atoms with Crippen LogP contribution in [-0.4, -0.2) is 56.0 Å². The van der Waals surface area contributed by atoms with Crippen LogP contribution in [0.4, 0.5) is 0 Å². The fourth-order valence-corrected chi connectivity index (χ4v) is 3.75. The summed E-state index contributed by atoms with van der Waals surface area (Å²) >= 11 is 0. The van der Waals surface area contributed by atoms with Crippen LogP contribution in [0.3, 0.4) is 0 Å². The molecule has 6 nitrogen and oxygen atoms in total. The Balaban J connectivity index is 1.93. The van der Waals surface area contributed by atoms with Crippen molar-refractivity contribution >= 4 is 10.0 Å². The van der Waals surface area contributed by atoms with Gasteiger partial charge in [0.25, 0.3) is 0 Å². The van der Waals surface area contributed by atoms with E-state index in [1.54, 1.807) is 13.8 Å². The minimum absolute atomic E-state index is 0.00593. The number of sulfonamides is 1. The summed E-state index contributed by atoms with van der Waals surface area (Å²) in [6.07, 6.45) is 1.86. The lowest BCUT2D eigenvalue weighted by Crippen LogP contribution is -2.48. The monoisotopic (exact) mass is 356 g/mol. The Bertz CT molecular complexity index is 619. The molecule has 2 N–H and O–H groups in total. The second-order valence-corrected chi connectivity index (χ2v) is 8.77. The number of nitrogens with one attached hydrogen (secondary N) is 1. The van der Waals surface area contributed by atoms with Crippen LogP contribution in [-0.2, 0) is 16.6 Å². The fourth-order valence-electron chi connectivity index (χ4n) is 2.82. The zero-order chi connectivity index (χ0) is 17.6. The van der Waals surface area contributed by atoms with E-state index < -0.39 is 15.3 Å². The molecule has 0 saturated carbocycles. The first-order chi connectivity index (χ1) is 11.4. The molecular weight excluding hydrogens is 328 g/mol. The molecule has 136 valence electrons. The van der Waals surface area contributed by atoms with Crippen molar-refractivity contribution in [1.29, 1.82) is 0 Å². The summed E-state index contributed by atoms with van der Waals surface area (Å²) in [5.41, 5.74) is 1.12. The van der Waals surface area contributed by atoms with Crippen LogP contribution >= 0.6 is 0 Å². The Kier molecular flexibility index (Phi) is 7.03. The number of aliphatic hydroxyl groups excluding tert-OH is 1. The van der Waals surface area contributed by atoms with Gasteiger partial charge in [-0.2, -0.15) is 0 Å². The van der Waals surface area contributed by atoms with E-state index in [1.165, 1.54) is 0 Å². The fraction of sp³-hybridized carbons (Fsp3) is 0.647. The first kappa shape index (κ1) is 19.2. The molecular formula is C17H28N2O4S. The van der Waals surface area contributed by atoms with Crippen LogP contribution in [0.5, 0.6) is 5.75 Å². The SMILES string of the molecule is CC(C)S(=O)(=O)N[C@@H]1CCCN(Cc2cccc(OCCO)c2)C1. The largest absolute Gasteiger partial charge is 0.491 e. The molecule has 1 saturated heterocycles. The molecule has 1 atom stereocenters. The summed E-state index contributed by atoms with van der Waals surface area (Å²) in [5.74, 6) is 0.746. The molecule has 0 aliphatic carbocycles. The van der Waals surface area contributed by atoms with Gasteiger partial charge in [-0.25, -0.2) is 13.1 Å². The number of hydrogen-bond donors (Lipinski definition) is 2. The molecule has 0 spiro atoms. The summed E-state index contributed by atoms with van der Waals surface area (Å²) < 4.78 is 32.3. The topological polar surface area (TPSA) is 78.9 Å². The zero-order valence-electron chi connectivity index (χ0n) is 14.4. The first-order valence-corrected chi connectivity index (χ1v) is 10.0. The van der Waals surface area contributed by atoms with E-state index in [0.29, 0.717) is 6.54 Å². The molecule has 0 unspecified atom stereocenters. The zero-order valence-corrected chi connectivity index (χ0v) is 15.3. The van der Waals surface area contributed by atoms with Crippen LogP contribution in [0.15, 0.2) is 24.3 Å². The number of aliphatic hydroxyl groups is 1. The summed E-state index contributed by atoms with van der Waals surface area (Å²) in [6.45, 7) is 6.10. The number of nitrogens with zero attached hydrogens (tertiary/aromatic N) is 1. The Hall–Kier alpha value is -1.15. The third-order valence-corrected chi connectivity index (χ3v) is 6.02. The number of piperidine rings is 1. The predicted molar refractivity (Wildman–Crippen MR) is 94.5 cm³/mol. The maximum atomic E-state index is 12.0. The van der Waals surface area contributed by atoms with Crippen molar-refractivity contribution < 1.29 is 18.3 Å². The lowest BCUT2D eigenvalue weighted by atomic mass is 10.1. The third kappa shape index (κ3) is 5.73. The van der Waals surface area contributed by atoms with Gasteiger partial charge in [-0.3, -0.25) is 4.90 Å². The summed E-state index contributed by atoms with van der Waals surface area (Å²) in [5, 5.41) is 8.42. The van der Waals surface area contributed by atoms with E-state index in [9.17, 15) is 8.42 Å². The molecule has 24 heavy (non-hydrogen) atoms. The van der Waals surface area contributed by atoms with Crippen LogP contribution in [0.25, 0.3) is 0 Å². The van der Waals surface area contributed by atoms with Gasteiger partial charge in [0.15, 0.2) is 0 Å². The summed E-state index contributed by atoms with van der Waals surface area (Å²) in [7, 11) is -3.23. The van der Waals surface area contributed by atoms with Crippen LogP contribution < -0.4 is 9.46 Å². The van der Waals surface area contributed by atoms with Gasteiger partial charge in [-0.1, -0.05) is 12.1 Å². The third-order valence-electron chi connectivity index (χ3n) is 4.12. The highest BCUT2D eigenvalue weighted by atomic mass is 32.2. The van der Waals surface area contributed by atoms with Crippen molar-refractivity contribution in [3.63, 3.8) is 0 Å². The van der Waals surface area contributed by atoms with E-state index in [-0.39, 0.29) is 19.3 Å². The van der Waals surface area contributed by atoms with E-state index in [1.807, 2.05) is 24.3 Å². The number of rotatable bonds is 8. The molecule has 0 amide bonds. The molecule has 0 bridgehead atoms. The second kappa shape index (κ2) is 8.80. The second-order valence-electron chi connectivity index (χ2n) is 6.51. The quantitative estimate of drug-likeness (QED) is 0.735. The predicted octanol–water partition coefficient (Wildman–Crippen LogP) is 1.35. The van der Waals surface area contributed by atoms with E-state index in [2.05, 4.69) is 9.62 Å². The molecule has 7 heteroatoms. The number of ether oxygens (including phenoxy) is 1. The highest BCUT2D eigenvalue weighted by Gasteiger charge is 2.25. The number of hydrogen-bond acceptors (Lipinski definition) is 5. The highest BCUT2D eigenvalue weighted by Crippen LogP contribution is 2.18. The lowest BCUT2D eigenvalue weighted by molar-refractivity contribution is 0.192. The van der Waals surface area contributed by atoms with Gasteiger partial charge in [0, 0.05) is 19.1 Å². The number of likely N-dealkylation sites (tertiary alicyclic amines) is 1. The van der Waals surface area contributed by atoms with Gasteiger partial charge in [-0.05, 0) is 50.9 Å². The minimum Gasteiger partial charge on any atom is -0.491 e. The molecule has 1 aliphatic rings. The van der Waals surface area contributed by atoms with Gasteiger partial charge >= 0.3 is 0 Å². The lowest BCUT2D eigenvalue weighted by Gasteiger charge is -2.33. The van der Waals surface area contributed by atoms with Crippen molar-refractivity contribution in [1.82, 2.24) is 9.62 Å². The van der Waals surface area contributed by atoms with Crippen molar-refractivity contribution in [2.75, 3.05) is 26.3 Å². The van der Waals surface area contributed by atoms with Crippen molar-refractivity contribution in [2.45, 2.75) is 44.5 Å². The van der Waals surface area contributed by atoms with E-state index >= 15 is 0 Å². The molecule has 1 fully saturated rings. The molecule has 0 aromatic heterocycles. The minimum atomic E-state index is -3.23. The average molecular weight is 356 g/mol. The molecule has 0 radical (unpaired) electrons. The van der Waals surface area contributed by atoms with Crippen LogP contribution in [0.1, 0.15) is 32.3 Å². The summed E-state index contributed by atoms with van der Waals surface area (Å²) in [4.78, 5) is 2.27. The molecule has 1 aliphatic heterocycles. The Morgan fingerprint density at radius 3 is 2.92 bits per heavy atom. The highest BCUT2D eigenvalue weighted by molar-refractivity contribution is 7.90. The normalized spacial score (nSPS) is 19.6. The number of benzene rings is 1. The molecule has 1 aromatic carbocycles. The Labute approximate surface area is 144 Å². The molecule has 1 aromatic rings. The van der Waals surface area contributed by atoms with Crippen LogP contribution in [0, 0.1) is 0 Å². The van der Waals surface area contributed by atoms with Gasteiger partial charge in [0.05, 0.1) is 11.9 Å². The summed E-state index contributed by atoms with van der Waals surface area (Å²) in [6, 6.07) is 7.78. The first-order valence-electron chi connectivity index (χ1n) is 8.47. The standard InChI is InChI=1S/C17H28N2O4S/c1-14(2)24(21,22)18-16-6-4-8-19(13-16)12-15-5-3-7-17(11-15)23-10-9-20/h3,5,7,11,14,16,18,20H,4,6,8-10,12-13H2,1-2H3/t16-/m1/s1. The molecule has 2 rings (SSSR count). The van der Waals surface area contributed by atoms with E-state index in [0.717, 1.165) is 37.2 Å². The van der Waals surface area contributed by atoms with Gasteiger partial charge in [0.1, 0.15) is 12.4 Å². The van der Waals surface area contributed by atoms with Crippen molar-refractivity contribution in [2.24, 2.45) is 0 Å².